The second kappa shape index (κ2) is 3.03. The Labute approximate surface area is 65.4 Å². The van der Waals surface area contributed by atoms with E-state index in [9.17, 15) is 9.59 Å². The van der Waals surface area contributed by atoms with Crippen molar-refractivity contribution in [2.45, 2.75) is 26.2 Å². The third-order valence-corrected chi connectivity index (χ3v) is 2.27. The van der Waals surface area contributed by atoms with Crippen LogP contribution in [0.1, 0.15) is 26.2 Å². The topological polar surface area (TPSA) is 54.4 Å². The predicted octanol–water partition coefficient (Wildman–Crippen LogP) is 1.08. The van der Waals surface area contributed by atoms with Crippen molar-refractivity contribution in [1.29, 1.82) is 0 Å². The smallest absolute Gasteiger partial charge is 0.303 e. The molecule has 0 saturated heterocycles. The number of rotatable bonds is 3. The molecule has 1 N–H and O–H groups in total. The molecule has 0 radical (unpaired) electrons. The fourth-order valence-corrected chi connectivity index (χ4v) is 1.48. The largest absolute Gasteiger partial charge is 0.481 e. The number of carbonyl (C=O) groups excluding carboxylic acids is 1. The minimum Gasteiger partial charge on any atom is -0.481 e. The van der Waals surface area contributed by atoms with Crippen molar-refractivity contribution in [1.82, 2.24) is 0 Å². The third-order valence-electron chi connectivity index (χ3n) is 2.27. The summed E-state index contributed by atoms with van der Waals surface area (Å²) in [6, 6.07) is 0. The maximum absolute atomic E-state index is 10.7. The Bertz CT molecular complexity index is 180. The van der Waals surface area contributed by atoms with E-state index >= 15 is 0 Å². The van der Waals surface area contributed by atoms with Gasteiger partial charge in [-0.1, -0.05) is 0 Å². The first-order valence-electron chi connectivity index (χ1n) is 3.82. The van der Waals surface area contributed by atoms with Crippen LogP contribution in [0.3, 0.4) is 0 Å². The van der Waals surface area contributed by atoms with Crippen molar-refractivity contribution in [3.05, 3.63) is 0 Å². The van der Waals surface area contributed by atoms with Crippen LogP contribution in [0.15, 0.2) is 0 Å². The van der Waals surface area contributed by atoms with Crippen molar-refractivity contribution < 1.29 is 14.7 Å². The van der Waals surface area contributed by atoms with E-state index in [1.807, 2.05) is 0 Å². The fourth-order valence-electron chi connectivity index (χ4n) is 1.48. The highest BCUT2D eigenvalue weighted by Crippen LogP contribution is 2.36. The van der Waals surface area contributed by atoms with Gasteiger partial charge >= 0.3 is 5.97 Å². The molecular formula is C8H12O3. The van der Waals surface area contributed by atoms with Crippen LogP contribution in [0.25, 0.3) is 0 Å². The molecule has 0 heterocycles. The molecule has 0 amide bonds. The summed E-state index contributed by atoms with van der Waals surface area (Å²) in [5, 5.41) is 8.39. The van der Waals surface area contributed by atoms with Gasteiger partial charge in [-0.25, -0.2) is 0 Å². The van der Waals surface area contributed by atoms with Crippen LogP contribution < -0.4 is 0 Å². The summed E-state index contributed by atoms with van der Waals surface area (Å²) in [7, 11) is 0. The Kier molecular flexibility index (Phi) is 2.27. The second-order valence-electron chi connectivity index (χ2n) is 3.24. The highest BCUT2D eigenvalue weighted by atomic mass is 16.4. The number of carboxylic acid groups (broad SMARTS) is 1. The Morgan fingerprint density at radius 2 is 2.00 bits per heavy atom. The van der Waals surface area contributed by atoms with Gasteiger partial charge in [-0.15, -0.1) is 0 Å². The molecule has 0 aromatic carbocycles. The first-order valence-corrected chi connectivity index (χ1v) is 3.82. The summed E-state index contributed by atoms with van der Waals surface area (Å²) in [6.07, 6.45) is 1.78. The number of hydrogen-bond acceptors (Lipinski definition) is 2. The fraction of sp³-hybridized carbons (Fsp3) is 0.750. The summed E-state index contributed by atoms with van der Waals surface area (Å²) >= 11 is 0. The molecule has 0 aromatic heterocycles. The maximum atomic E-state index is 10.7. The zero-order valence-corrected chi connectivity index (χ0v) is 6.54. The predicted molar refractivity (Wildman–Crippen MR) is 39.1 cm³/mol. The van der Waals surface area contributed by atoms with E-state index in [0.717, 1.165) is 12.8 Å². The third kappa shape index (κ3) is 2.03. The number of carboxylic acids is 1. The number of carbonyl (C=O) groups is 2. The molecule has 0 aliphatic heterocycles. The summed E-state index contributed by atoms with van der Waals surface area (Å²) in [4.78, 5) is 20.9. The highest BCUT2D eigenvalue weighted by Gasteiger charge is 2.33. The number of aliphatic carboxylic acids is 1. The zero-order chi connectivity index (χ0) is 8.43. The normalized spacial score (nSPS) is 29.2. The summed E-state index contributed by atoms with van der Waals surface area (Å²) in [5.41, 5.74) is 0. The molecule has 1 aliphatic carbocycles. The minimum absolute atomic E-state index is 0.152. The van der Waals surface area contributed by atoms with Crippen molar-refractivity contribution in [3.63, 3.8) is 0 Å². The molecular weight excluding hydrogens is 144 g/mol. The molecule has 1 rings (SSSR count). The van der Waals surface area contributed by atoms with E-state index in [1.165, 1.54) is 0 Å². The van der Waals surface area contributed by atoms with E-state index in [4.69, 9.17) is 5.11 Å². The lowest BCUT2D eigenvalue weighted by Crippen LogP contribution is -2.30. The Balaban J connectivity index is 2.19. The lowest BCUT2D eigenvalue weighted by Gasteiger charge is -2.32. The van der Waals surface area contributed by atoms with Gasteiger partial charge in [0.1, 0.15) is 5.78 Å². The molecule has 1 fully saturated rings. The molecule has 3 heteroatoms. The van der Waals surface area contributed by atoms with E-state index in [-0.39, 0.29) is 24.0 Å². The summed E-state index contributed by atoms with van der Waals surface area (Å²) < 4.78 is 0. The summed E-state index contributed by atoms with van der Waals surface area (Å²) in [6.45, 7) is 1.57. The van der Waals surface area contributed by atoms with E-state index in [0.29, 0.717) is 0 Å². The van der Waals surface area contributed by atoms with Crippen LogP contribution in [-0.2, 0) is 9.59 Å². The van der Waals surface area contributed by atoms with Crippen molar-refractivity contribution >= 4 is 11.8 Å². The van der Waals surface area contributed by atoms with Crippen molar-refractivity contribution in [2.24, 2.45) is 11.8 Å². The molecule has 0 bridgehead atoms. The Hall–Kier alpha value is -0.860. The van der Waals surface area contributed by atoms with Crippen LogP contribution in [0.5, 0.6) is 0 Å². The molecule has 1 saturated carbocycles. The average Bonchev–Trinajstić information content (AvgIpc) is 1.75. The van der Waals surface area contributed by atoms with Gasteiger partial charge in [0.15, 0.2) is 0 Å². The monoisotopic (exact) mass is 156 g/mol. The SMILES string of the molecule is CC(=O)C1CC(CC(=O)O)C1. The van der Waals surface area contributed by atoms with Crippen molar-refractivity contribution in [2.75, 3.05) is 0 Å². The maximum Gasteiger partial charge on any atom is 0.303 e. The van der Waals surface area contributed by atoms with Crippen LogP contribution in [0.4, 0.5) is 0 Å². The van der Waals surface area contributed by atoms with Crippen LogP contribution in [-0.4, -0.2) is 16.9 Å². The van der Waals surface area contributed by atoms with Gasteiger partial charge in [-0.05, 0) is 25.7 Å². The Morgan fingerprint density at radius 3 is 2.36 bits per heavy atom. The standard InChI is InChI=1S/C8H12O3/c1-5(9)7-2-6(3-7)4-8(10)11/h6-7H,2-4H2,1H3,(H,10,11). The number of ketones is 1. The number of Topliss-reactive ketones (excluding diaryl/α,β-unsaturated/α-hetero) is 1. The molecule has 0 aromatic rings. The molecule has 62 valence electrons. The second-order valence-corrected chi connectivity index (χ2v) is 3.24. The zero-order valence-electron chi connectivity index (χ0n) is 6.54. The van der Waals surface area contributed by atoms with Gasteiger partial charge in [0.05, 0.1) is 0 Å². The van der Waals surface area contributed by atoms with Gasteiger partial charge in [-0.3, -0.25) is 9.59 Å². The quantitative estimate of drug-likeness (QED) is 0.665. The van der Waals surface area contributed by atoms with E-state index in [2.05, 4.69) is 0 Å². The molecule has 0 spiro atoms. The van der Waals surface area contributed by atoms with Crippen LogP contribution in [0.2, 0.25) is 0 Å². The first-order chi connectivity index (χ1) is 5.09. The van der Waals surface area contributed by atoms with Gasteiger partial charge in [0, 0.05) is 12.3 Å². The van der Waals surface area contributed by atoms with Gasteiger partial charge in [-0.2, -0.15) is 0 Å². The highest BCUT2D eigenvalue weighted by molar-refractivity contribution is 5.79. The Morgan fingerprint density at radius 1 is 1.45 bits per heavy atom. The van der Waals surface area contributed by atoms with Crippen LogP contribution in [0, 0.1) is 11.8 Å². The first kappa shape index (κ1) is 8.24. The molecule has 3 nitrogen and oxygen atoms in total. The van der Waals surface area contributed by atoms with E-state index in [1.54, 1.807) is 6.92 Å². The van der Waals surface area contributed by atoms with Crippen molar-refractivity contribution in [3.8, 4) is 0 Å². The van der Waals surface area contributed by atoms with Gasteiger partial charge < -0.3 is 5.11 Å². The molecule has 0 unspecified atom stereocenters. The van der Waals surface area contributed by atoms with E-state index < -0.39 is 5.97 Å². The average molecular weight is 156 g/mol. The minimum atomic E-state index is -0.753. The van der Waals surface area contributed by atoms with Gasteiger partial charge in [0.25, 0.3) is 0 Å². The van der Waals surface area contributed by atoms with Gasteiger partial charge in [0.2, 0.25) is 0 Å². The lowest BCUT2D eigenvalue weighted by atomic mass is 9.71. The molecule has 0 atom stereocenters. The van der Waals surface area contributed by atoms with Crippen LogP contribution >= 0.6 is 0 Å². The molecule has 1 aliphatic rings. The number of hydrogen-bond donors (Lipinski definition) is 1. The molecule has 11 heavy (non-hydrogen) atoms. The summed E-state index contributed by atoms with van der Waals surface area (Å²) in [5.74, 6) is -0.149. The lowest BCUT2D eigenvalue weighted by molar-refractivity contribution is -0.140.